The molecule has 156 valence electrons. The summed E-state index contributed by atoms with van der Waals surface area (Å²) in [6.45, 7) is 1.21. The van der Waals surface area contributed by atoms with Crippen LogP contribution in [0.4, 0.5) is 0 Å². The standard InChI is InChI=1S/C18H26ClN3O5S/c1-27-13-11-21-18(24)17(23)20-10-9-15-4-2-3-12-22(15)28(25,26)16-7-5-14(19)6-8-16/h5-8,15H,2-4,9-13H2,1H3,(H,20,23)(H,21,24)/t15-/m0/s1. The zero-order chi connectivity index (χ0) is 20.6. The molecule has 1 saturated heterocycles. The monoisotopic (exact) mass is 431 g/mol. The zero-order valence-electron chi connectivity index (χ0n) is 15.8. The molecule has 10 heteroatoms. The van der Waals surface area contributed by atoms with E-state index in [0.29, 0.717) is 31.0 Å². The van der Waals surface area contributed by atoms with Crippen molar-refractivity contribution < 1.29 is 22.7 Å². The number of sulfonamides is 1. The second-order valence-corrected chi connectivity index (χ2v) is 8.84. The van der Waals surface area contributed by atoms with E-state index in [1.165, 1.54) is 23.5 Å². The highest BCUT2D eigenvalue weighted by Crippen LogP contribution is 2.27. The van der Waals surface area contributed by atoms with Gasteiger partial charge in [-0.05, 0) is 43.5 Å². The van der Waals surface area contributed by atoms with Crippen LogP contribution in [0, 0.1) is 0 Å². The molecule has 0 spiro atoms. The SMILES string of the molecule is COCCNC(=O)C(=O)NCC[C@@H]1CCCCN1S(=O)(=O)c1ccc(Cl)cc1. The van der Waals surface area contributed by atoms with Crippen molar-refractivity contribution in [3.8, 4) is 0 Å². The minimum absolute atomic E-state index is 0.199. The van der Waals surface area contributed by atoms with Crippen molar-refractivity contribution in [3.63, 3.8) is 0 Å². The maximum absolute atomic E-state index is 13.0. The summed E-state index contributed by atoms with van der Waals surface area (Å²) in [5, 5.41) is 5.46. The summed E-state index contributed by atoms with van der Waals surface area (Å²) >= 11 is 5.85. The van der Waals surface area contributed by atoms with Crippen LogP contribution in [0.25, 0.3) is 0 Å². The van der Waals surface area contributed by atoms with Gasteiger partial charge in [0.1, 0.15) is 0 Å². The molecule has 0 saturated carbocycles. The van der Waals surface area contributed by atoms with Crippen molar-refractivity contribution in [1.29, 1.82) is 0 Å². The van der Waals surface area contributed by atoms with E-state index in [-0.39, 0.29) is 24.0 Å². The van der Waals surface area contributed by atoms with Gasteiger partial charge in [0, 0.05) is 37.8 Å². The normalized spacial score (nSPS) is 17.9. The summed E-state index contributed by atoms with van der Waals surface area (Å²) in [4.78, 5) is 23.6. The molecule has 8 nitrogen and oxygen atoms in total. The van der Waals surface area contributed by atoms with Crippen LogP contribution in [0.2, 0.25) is 5.02 Å². The highest BCUT2D eigenvalue weighted by molar-refractivity contribution is 7.89. The number of carbonyl (C=O) groups excluding carboxylic acids is 2. The molecule has 2 amide bonds. The zero-order valence-corrected chi connectivity index (χ0v) is 17.4. The third-order valence-electron chi connectivity index (χ3n) is 4.55. The second-order valence-electron chi connectivity index (χ2n) is 6.51. The van der Waals surface area contributed by atoms with Crippen molar-refractivity contribution in [2.24, 2.45) is 0 Å². The molecule has 0 aromatic heterocycles. The lowest BCUT2D eigenvalue weighted by Crippen LogP contribution is -2.46. The van der Waals surface area contributed by atoms with Gasteiger partial charge in [0.25, 0.3) is 0 Å². The summed E-state index contributed by atoms with van der Waals surface area (Å²) in [6, 6.07) is 5.86. The molecule has 0 radical (unpaired) electrons. The molecule has 2 rings (SSSR count). The number of amides is 2. The number of nitrogens with one attached hydrogen (secondary N) is 2. The number of benzene rings is 1. The first kappa shape index (κ1) is 22.6. The Morgan fingerprint density at radius 2 is 1.79 bits per heavy atom. The first-order valence-corrected chi connectivity index (χ1v) is 11.0. The first-order chi connectivity index (χ1) is 13.4. The topological polar surface area (TPSA) is 105 Å². The molecule has 1 aromatic carbocycles. The fourth-order valence-electron chi connectivity index (χ4n) is 3.10. The molecule has 1 aromatic rings. The Morgan fingerprint density at radius 3 is 2.43 bits per heavy atom. The van der Waals surface area contributed by atoms with Crippen LogP contribution in [-0.4, -0.2) is 63.9 Å². The molecule has 0 aliphatic carbocycles. The summed E-state index contributed by atoms with van der Waals surface area (Å²) < 4.78 is 32.3. The number of nitrogens with zero attached hydrogens (tertiary/aromatic N) is 1. The lowest BCUT2D eigenvalue weighted by Gasteiger charge is -2.34. The van der Waals surface area contributed by atoms with Crippen molar-refractivity contribution in [3.05, 3.63) is 29.3 Å². The van der Waals surface area contributed by atoms with E-state index < -0.39 is 21.8 Å². The van der Waals surface area contributed by atoms with E-state index in [1.54, 1.807) is 12.1 Å². The summed E-state index contributed by atoms with van der Waals surface area (Å²) in [7, 11) is -2.14. The Balaban J connectivity index is 1.93. The first-order valence-electron chi connectivity index (χ1n) is 9.18. The van der Waals surface area contributed by atoms with Gasteiger partial charge in [-0.1, -0.05) is 18.0 Å². The third kappa shape index (κ3) is 6.16. The molecule has 1 atom stereocenters. The van der Waals surface area contributed by atoms with Gasteiger partial charge >= 0.3 is 11.8 Å². The highest BCUT2D eigenvalue weighted by atomic mass is 35.5. The van der Waals surface area contributed by atoms with Gasteiger partial charge in [0.2, 0.25) is 10.0 Å². The van der Waals surface area contributed by atoms with Crippen LogP contribution in [0.15, 0.2) is 29.2 Å². The third-order valence-corrected chi connectivity index (χ3v) is 6.77. The maximum Gasteiger partial charge on any atom is 0.309 e. The van der Waals surface area contributed by atoms with Crippen molar-refractivity contribution in [2.75, 3.05) is 33.4 Å². The Labute approximate surface area is 170 Å². The van der Waals surface area contributed by atoms with Gasteiger partial charge in [-0.2, -0.15) is 4.31 Å². The summed E-state index contributed by atoms with van der Waals surface area (Å²) in [5.74, 6) is -1.47. The van der Waals surface area contributed by atoms with Crippen LogP contribution < -0.4 is 10.6 Å². The minimum atomic E-state index is -3.64. The molecule has 1 aliphatic heterocycles. The van der Waals surface area contributed by atoms with Gasteiger partial charge in [0.15, 0.2) is 0 Å². The number of hydrogen-bond donors (Lipinski definition) is 2. The van der Waals surface area contributed by atoms with E-state index in [2.05, 4.69) is 10.6 Å². The smallest absolute Gasteiger partial charge is 0.309 e. The van der Waals surface area contributed by atoms with E-state index in [1.807, 2.05) is 0 Å². The van der Waals surface area contributed by atoms with Crippen molar-refractivity contribution >= 4 is 33.4 Å². The summed E-state index contributed by atoms with van der Waals surface area (Å²) in [6.07, 6.45) is 2.85. The number of piperidine rings is 1. The van der Waals surface area contributed by atoms with Crippen LogP contribution in [-0.2, 0) is 24.3 Å². The predicted octanol–water partition coefficient (Wildman–Crippen LogP) is 1.15. The van der Waals surface area contributed by atoms with Gasteiger partial charge < -0.3 is 15.4 Å². The second kappa shape index (κ2) is 10.8. The van der Waals surface area contributed by atoms with Crippen LogP contribution in [0.1, 0.15) is 25.7 Å². The van der Waals surface area contributed by atoms with Crippen LogP contribution >= 0.6 is 11.6 Å². The van der Waals surface area contributed by atoms with Crippen LogP contribution in [0.3, 0.4) is 0 Å². The molecular weight excluding hydrogens is 406 g/mol. The van der Waals surface area contributed by atoms with Crippen molar-refractivity contribution in [1.82, 2.24) is 14.9 Å². The van der Waals surface area contributed by atoms with Crippen LogP contribution in [0.5, 0.6) is 0 Å². The lowest BCUT2D eigenvalue weighted by atomic mass is 10.0. The number of methoxy groups -OCH3 is 1. The molecular formula is C18H26ClN3O5S. The van der Waals surface area contributed by atoms with Gasteiger partial charge in [0.05, 0.1) is 11.5 Å². The van der Waals surface area contributed by atoms with Gasteiger partial charge in [-0.25, -0.2) is 8.42 Å². The summed E-state index contributed by atoms with van der Waals surface area (Å²) in [5.41, 5.74) is 0. The number of halogens is 1. The maximum atomic E-state index is 13.0. The van der Waals surface area contributed by atoms with E-state index >= 15 is 0 Å². The molecule has 1 heterocycles. The van der Waals surface area contributed by atoms with E-state index in [0.717, 1.165) is 12.8 Å². The van der Waals surface area contributed by atoms with E-state index in [4.69, 9.17) is 16.3 Å². The highest BCUT2D eigenvalue weighted by Gasteiger charge is 2.33. The van der Waals surface area contributed by atoms with E-state index in [9.17, 15) is 18.0 Å². The Bertz CT molecular complexity index is 770. The molecule has 1 aliphatic rings. The Morgan fingerprint density at radius 1 is 1.14 bits per heavy atom. The molecule has 0 unspecified atom stereocenters. The lowest BCUT2D eigenvalue weighted by molar-refractivity contribution is -0.139. The number of rotatable bonds is 8. The molecule has 1 fully saturated rings. The fourth-order valence-corrected chi connectivity index (χ4v) is 4.95. The largest absolute Gasteiger partial charge is 0.383 e. The average Bonchev–Trinajstić information content (AvgIpc) is 2.68. The number of hydrogen-bond acceptors (Lipinski definition) is 5. The van der Waals surface area contributed by atoms with Gasteiger partial charge in [-0.3, -0.25) is 9.59 Å². The minimum Gasteiger partial charge on any atom is -0.383 e. The predicted molar refractivity (Wildman–Crippen MR) is 105 cm³/mol. The quantitative estimate of drug-likeness (QED) is 0.474. The molecule has 28 heavy (non-hydrogen) atoms. The average molecular weight is 432 g/mol. The molecule has 0 bridgehead atoms. The Kier molecular flexibility index (Phi) is 8.68. The number of ether oxygens (including phenoxy) is 1. The Hall–Kier alpha value is -1.68. The number of carbonyl (C=O) groups is 2. The van der Waals surface area contributed by atoms with Crippen molar-refractivity contribution in [2.45, 2.75) is 36.6 Å². The fraction of sp³-hybridized carbons (Fsp3) is 0.556. The van der Waals surface area contributed by atoms with Gasteiger partial charge in [-0.15, -0.1) is 0 Å². The molecule has 2 N–H and O–H groups in total.